The number of hydrogen-bond acceptors (Lipinski definition) is 5. The molecule has 0 aliphatic carbocycles. The number of carboxylic acid groups (broad SMARTS) is 1. The van der Waals surface area contributed by atoms with Gasteiger partial charge < -0.3 is 15.2 Å². The molecule has 6 nitrogen and oxygen atoms in total. The van der Waals surface area contributed by atoms with Crippen LogP contribution < -0.4 is 10.1 Å². The van der Waals surface area contributed by atoms with Crippen LogP contribution in [-0.4, -0.2) is 28.0 Å². The lowest BCUT2D eigenvalue weighted by Gasteiger charge is -2.15. The maximum absolute atomic E-state index is 13.3. The number of aryl methyl sites for hydroxylation is 2. The fourth-order valence-corrected chi connectivity index (χ4v) is 4.57. The second-order valence-electron chi connectivity index (χ2n) is 7.51. The molecule has 4 rings (SSSR count). The Labute approximate surface area is 197 Å². The lowest BCUT2D eigenvalue weighted by atomic mass is 10.1. The van der Waals surface area contributed by atoms with E-state index in [4.69, 9.17) is 4.74 Å². The minimum Gasteiger partial charge on any atom is -0.497 e. The van der Waals surface area contributed by atoms with Crippen molar-refractivity contribution in [1.82, 2.24) is 9.78 Å². The maximum atomic E-state index is 13.3. The summed E-state index contributed by atoms with van der Waals surface area (Å²) >= 11 is 0.606. The first-order chi connectivity index (χ1) is 16.1. The molecule has 0 saturated heterocycles. The van der Waals surface area contributed by atoms with Crippen LogP contribution in [0.15, 0.2) is 54.6 Å². The summed E-state index contributed by atoms with van der Waals surface area (Å²) in [7, 11) is 1.43. The third-order valence-electron chi connectivity index (χ3n) is 5.25. The number of alkyl halides is 3. The Morgan fingerprint density at radius 2 is 1.85 bits per heavy atom. The van der Waals surface area contributed by atoms with Crippen molar-refractivity contribution in [2.45, 2.75) is 20.0 Å². The number of anilines is 2. The van der Waals surface area contributed by atoms with Gasteiger partial charge in [-0.1, -0.05) is 18.2 Å². The maximum Gasteiger partial charge on any atom is 0.425 e. The molecule has 0 aliphatic heterocycles. The summed E-state index contributed by atoms with van der Waals surface area (Å²) < 4.78 is 46.6. The number of benzene rings is 2. The normalized spacial score (nSPS) is 11.5. The minimum atomic E-state index is -4.47. The molecule has 0 radical (unpaired) electrons. The zero-order valence-electron chi connectivity index (χ0n) is 18.4. The fourth-order valence-electron chi connectivity index (χ4n) is 3.60. The quantitative estimate of drug-likeness (QED) is 0.317. The van der Waals surface area contributed by atoms with Gasteiger partial charge in [0, 0.05) is 4.88 Å². The Bertz CT molecular complexity index is 1380. The molecular formula is C24H20F3N3O3S. The van der Waals surface area contributed by atoms with Gasteiger partial charge in [-0.3, -0.25) is 0 Å². The van der Waals surface area contributed by atoms with Crippen molar-refractivity contribution in [3.05, 3.63) is 76.3 Å². The summed E-state index contributed by atoms with van der Waals surface area (Å²) in [6, 6.07) is 14.4. The van der Waals surface area contributed by atoms with Gasteiger partial charge in [0.25, 0.3) is 0 Å². The summed E-state index contributed by atoms with van der Waals surface area (Å²) in [5.74, 6) is -0.466. The van der Waals surface area contributed by atoms with Gasteiger partial charge in [0.2, 0.25) is 0 Å². The molecule has 0 unspecified atom stereocenters. The molecule has 0 atom stereocenters. The van der Waals surface area contributed by atoms with Crippen LogP contribution >= 0.6 is 11.3 Å². The summed E-state index contributed by atoms with van der Waals surface area (Å²) in [6.45, 7) is 3.59. The van der Waals surface area contributed by atoms with Gasteiger partial charge >= 0.3 is 12.1 Å². The average Bonchev–Trinajstić information content (AvgIpc) is 3.39. The predicted molar refractivity (Wildman–Crippen MR) is 125 cm³/mol. The van der Waals surface area contributed by atoms with Crippen LogP contribution in [0.1, 0.15) is 26.5 Å². The van der Waals surface area contributed by atoms with Crippen molar-refractivity contribution < 1.29 is 27.8 Å². The molecule has 34 heavy (non-hydrogen) atoms. The van der Waals surface area contributed by atoms with E-state index >= 15 is 0 Å². The van der Waals surface area contributed by atoms with Crippen molar-refractivity contribution >= 4 is 28.8 Å². The van der Waals surface area contributed by atoms with Gasteiger partial charge in [-0.2, -0.15) is 18.3 Å². The summed E-state index contributed by atoms with van der Waals surface area (Å²) in [5, 5.41) is 17.5. The molecule has 2 heterocycles. The Kier molecular flexibility index (Phi) is 6.09. The molecule has 4 aromatic rings. The number of aromatic carboxylic acids is 1. The van der Waals surface area contributed by atoms with Gasteiger partial charge in [-0.15, -0.1) is 11.3 Å². The number of aromatic nitrogens is 2. The van der Waals surface area contributed by atoms with Crippen LogP contribution in [0.25, 0.3) is 16.1 Å². The number of carboxylic acids is 1. The highest BCUT2D eigenvalue weighted by Crippen LogP contribution is 2.43. The highest BCUT2D eigenvalue weighted by molar-refractivity contribution is 7.15. The smallest absolute Gasteiger partial charge is 0.425 e. The first-order valence-electron chi connectivity index (χ1n) is 10.1. The summed E-state index contributed by atoms with van der Waals surface area (Å²) in [6.07, 6.45) is -4.47. The number of methoxy groups -OCH3 is 1. The molecular weight excluding hydrogens is 467 g/mol. The molecule has 2 aromatic carbocycles. The highest BCUT2D eigenvalue weighted by atomic mass is 32.1. The SMILES string of the molecule is COc1ccc(Nc2c(-c3ccc(C(F)(F)F)s3)c(C)nn2-c2ccccc2C)c(C(=O)O)c1. The average molecular weight is 488 g/mol. The number of para-hydroxylation sites is 1. The molecule has 0 amide bonds. The third kappa shape index (κ3) is 4.36. The number of hydrogen-bond donors (Lipinski definition) is 2. The number of rotatable bonds is 6. The summed E-state index contributed by atoms with van der Waals surface area (Å²) in [4.78, 5) is 11.6. The molecule has 0 fully saturated rings. The largest absolute Gasteiger partial charge is 0.497 e. The zero-order valence-corrected chi connectivity index (χ0v) is 19.2. The number of nitrogens with one attached hydrogen (secondary N) is 1. The second kappa shape index (κ2) is 8.86. The van der Waals surface area contributed by atoms with Crippen LogP contribution in [0.5, 0.6) is 5.75 Å². The summed E-state index contributed by atoms with van der Waals surface area (Å²) in [5.41, 5.74) is 2.73. The monoisotopic (exact) mass is 487 g/mol. The van der Waals surface area contributed by atoms with E-state index in [9.17, 15) is 23.1 Å². The molecule has 176 valence electrons. The van der Waals surface area contributed by atoms with Crippen molar-refractivity contribution in [3.63, 3.8) is 0 Å². The predicted octanol–water partition coefficient (Wildman–Crippen LogP) is 6.69. The van der Waals surface area contributed by atoms with Gasteiger partial charge in [-0.05, 0) is 55.8 Å². The first-order valence-corrected chi connectivity index (χ1v) is 10.9. The molecule has 0 bridgehead atoms. The lowest BCUT2D eigenvalue weighted by Crippen LogP contribution is -2.08. The standard InChI is InChI=1S/C24H20F3N3O3S/c1-13-6-4-5-7-18(13)30-22(28-17-9-8-15(33-3)12-16(17)23(31)32)21(14(2)29-30)19-10-11-20(34-19)24(25,26)27/h4-12,28H,1-3H3,(H,31,32). The number of thiophene rings is 1. The lowest BCUT2D eigenvalue weighted by molar-refractivity contribution is -0.134. The van der Waals surface area contributed by atoms with Crippen molar-refractivity contribution in [1.29, 1.82) is 0 Å². The van der Waals surface area contributed by atoms with E-state index in [0.29, 0.717) is 44.7 Å². The van der Waals surface area contributed by atoms with E-state index in [1.54, 1.807) is 23.7 Å². The van der Waals surface area contributed by atoms with Crippen LogP contribution in [-0.2, 0) is 6.18 Å². The molecule has 2 N–H and O–H groups in total. The van der Waals surface area contributed by atoms with E-state index < -0.39 is 17.0 Å². The zero-order chi connectivity index (χ0) is 24.6. The number of nitrogens with zero attached hydrogens (tertiary/aromatic N) is 2. The van der Waals surface area contributed by atoms with E-state index in [-0.39, 0.29) is 11.3 Å². The van der Waals surface area contributed by atoms with E-state index in [2.05, 4.69) is 10.4 Å². The topological polar surface area (TPSA) is 76.4 Å². The molecule has 10 heteroatoms. The Morgan fingerprint density at radius 3 is 2.47 bits per heavy atom. The Morgan fingerprint density at radius 1 is 1.12 bits per heavy atom. The van der Waals surface area contributed by atoms with Gasteiger partial charge in [0.15, 0.2) is 0 Å². The van der Waals surface area contributed by atoms with E-state index in [1.807, 2.05) is 31.2 Å². The van der Waals surface area contributed by atoms with Gasteiger partial charge in [0.1, 0.15) is 16.4 Å². The van der Waals surface area contributed by atoms with Gasteiger partial charge in [-0.25, -0.2) is 9.48 Å². The Hall–Kier alpha value is -3.79. The van der Waals surface area contributed by atoms with E-state index in [1.165, 1.54) is 19.2 Å². The number of ether oxygens (including phenoxy) is 1. The Balaban J connectivity index is 1.94. The van der Waals surface area contributed by atoms with E-state index in [0.717, 1.165) is 11.6 Å². The highest BCUT2D eigenvalue weighted by Gasteiger charge is 2.33. The molecule has 0 aliphatic rings. The minimum absolute atomic E-state index is 0.0531. The molecule has 0 spiro atoms. The molecule has 0 saturated carbocycles. The van der Waals surface area contributed by atoms with Crippen LogP contribution in [0, 0.1) is 13.8 Å². The van der Waals surface area contributed by atoms with Gasteiger partial charge in [0.05, 0.1) is 35.3 Å². The van der Waals surface area contributed by atoms with Crippen LogP contribution in [0.3, 0.4) is 0 Å². The fraction of sp³-hybridized carbons (Fsp3) is 0.167. The first kappa shape index (κ1) is 23.4. The second-order valence-corrected chi connectivity index (χ2v) is 8.59. The van der Waals surface area contributed by atoms with Crippen LogP contribution in [0.2, 0.25) is 0 Å². The molecule has 2 aromatic heterocycles. The van der Waals surface area contributed by atoms with Crippen molar-refractivity contribution in [2.75, 3.05) is 12.4 Å². The number of carbonyl (C=O) groups is 1. The third-order valence-corrected chi connectivity index (χ3v) is 6.39. The van der Waals surface area contributed by atoms with Crippen molar-refractivity contribution in [3.8, 4) is 21.9 Å². The van der Waals surface area contributed by atoms with Crippen LogP contribution in [0.4, 0.5) is 24.7 Å². The number of halogens is 3. The van der Waals surface area contributed by atoms with Crippen molar-refractivity contribution in [2.24, 2.45) is 0 Å².